The molecule has 1 nitrogen and oxygen atoms in total. The molecule has 0 aliphatic rings. The van der Waals surface area contributed by atoms with Crippen LogP contribution in [0, 0.1) is 0 Å². The van der Waals surface area contributed by atoms with Gasteiger partial charge in [0.25, 0.3) is 0 Å². The molecule has 88 valence electrons. The van der Waals surface area contributed by atoms with Crippen LogP contribution in [0.4, 0.5) is 0 Å². The number of hydrogen-bond acceptors (Lipinski definition) is 2. The molecule has 16 heavy (non-hydrogen) atoms. The van der Waals surface area contributed by atoms with Crippen LogP contribution in [0.15, 0.2) is 28.7 Å². The molecular weight excluding hydrogens is 284 g/mol. The summed E-state index contributed by atoms with van der Waals surface area (Å²) in [6.45, 7) is 2.19. The molecule has 1 aromatic carbocycles. The molecule has 0 N–H and O–H groups in total. The van der Waals surface area contributed by atoms with E-state index in [1.807, 2.05) is 24.3 Å². The van der Waals surface area contributed by atoms with Crippen molar-refractivity contribution in [3.63, 3.8) is 0 Å². The van der Waals surface area contributed by atoms with Gasteiger partial charge in [-0.05, 0) is 24.3 Å². The van der Waals surface area contributed by atoms with Gasteiger partial charge in [0.05, 0.1) is 5.75 Å². The molecule has 0 aliphatic carbocycles. The van der Waals surface area contributed by atoms with Crippen LogP contribution in [-0.2, 0) is 0 Å². The Bertz CT molecular complexity index is 321. The lowest BCUT2D eigenvalue weighted by Crippen LogP contribution is -2.02. The second-order valence-corrected chi connectivity index (χ2v) is 5.71. The summed E-state index contributed by atoms with van der Waals surface area (Å²) in [5.74, 6) is 1.93. The SMILES string of the molecule is CCCCCSCC(=O)c1ccc(Br)cc1. The topological polar surface area (TPSA) is 17.1 Å². The van der Waals surface area contributed by atoms with E-state index in [4.69, 9.17) is 0 Å². The number of rotatable bonds is 7. The summed E-state index contributed by atoms with van der Waals surface area (Å²) in [5, 5.41) is 0. The zero-order valence-electron chi connectivity index (χ0n) is 9.54. The third-order valence-corrected chi connectivity index (χ3v) is 3.86. The van der Waals surface area contributed by atoms with Crippen molar-refractivity contribution >= 4 is 33.5 Å². The lowest BCUT2D eigenvalue weighted by Gasteiger charge is -2.01. The van der Waals surface area contributed by atoms with E-state index in [1.54, 1.807) is 11.8 Å². The van der Waals surface area contributed by atoms with E-state index in [-0.39, 0.29) is 5.78 Å². The first-order chi connectivity index (χ1) is 7.74. The number of halogens is 1. The van der Waals surface area contributed by atoms with Gasteiger partial charge in [0.15, 0.2) is 5.78 Å². The van der Waals surface area contributed by atoms with Crippen molar-refractivity contribution in [1.29, 1.82) is 0 Å². The van der Waals surface area contributed by atoms with E-state index >= 15 is 0 Å². The van der Waals surface area contributed by atoms with Gasteiger partial charge in [-0.3, -0.25) is 4.79 Å². The van der Waals surface area contributed by atoms with Crippen LogP contribution in [0.25, 0.3) is 0 Å². The van der Waals surface area contributed by atoms with Gasteiger partial charge in [0, 0.05) is 10.0 Å². The quantitative estimate of drug-likeness (QED) is 0.542. The second kappa shape index (κ2) is 7.91. The maximum atomic E-state index is 11.8. The molecule has 1 rings (SSSR count). The Kier molecular flexibility index (Phi) is 6.81. The molecular formula is C13H17BrOS. The van der Waals surface area contributed by atoms with Crippen LogP contribution < -0.4 is 0 Å². The van der Waals surface area contributed by atoms with Crippen LogP contribution >= 0.6 is 27.7 Å². The summed E-state index contributed by atoms with van der Waals surface area (Å²) in [4.78, 5) is 11.8. The van der Waals surface area contributed by atoms with Gasteiger partial charge < -0.3 is 0 Å². The number of ketones is 1. The first-order valence-electron chi connectivity index (χ1n) is 5.60. The molecule has 0 saturated carbocycles. The second-order valence-electron chi connectivity index (χ2n) is 3.69. The molecule has 0 fully saturated rings. The van der Waals surface area contributed by atoms with E-state index in [2.05, 4.69) is 22.9 Å². The molecule has 3 heteroatoms. The molecule has 0 aromatic heterocycles. The van der Waals surface area contributed by atoms with Gasteiger partial charge in [-0.2, -0.15) is 11.8 Å². The van der Waals surface area contributed by atoms with E-state index in [0.717, 1.165) is 15.8 Å². The highest BCUT2D eigenvalue weighted by molar-refractivity contribution is 9.10. The minimum absolute atomic E-state index is 0.231. The molecule has 0 heterocycles. The molecule has 0 radical (unpaired) electrons. The third-order valence-electron chi connectivity index (χ3n) is 2.29. The van der Waals surface area contributed by atoms with E-state index in [9.17, 15) is 4.79 Å². The highest BCUT2D eigenvalue weighted by Crippen LogP contribution is 2.13. The van der Waals surface area contributed by atoms with Crippen molar-refractivity contribution in [2.24, 2.45) is 0 Å². The van der Waals surface area contributed by atoms with E-state index in [1.165, 1.54) is 19.3 Å². The van der Waals surface area contributed by atoms with Crippen LogP contribution in [0.2, 0.25) is 0 Å². The molecule has 0 spiro atoms. The van der Waals surface area contributed by atoms with Gasteiger partial charge in [-0.15, -0.1) is 0 Å². The van der Waals surface area contributed by atoms with Crippen LogP contribution in [0.1, 0.15) is 36.5 Å². The Hall–Kier alpha value is -0.280. The minimum Gasteiger partial charge on any atom is -0.293 e. The zero-order chi connectivity index (χ0) is 11.8. The predicted molar refractivity (Wildman–Crippen MR) is 75.3 cm³/mol. The maximum absolute atomic E-state index is 11.8. The molecule has 0 aliphatic heterocycles. The zero-order valence-corrected chi connectivity index (χ0v) is 11.9. The fraction of sp³-hybridized carbons (Fsp3) is 0.462. The maximum Gasteiger partial charge on any atom is 0.172 e. The minimum atomic E-state index is 0.231. The number of carbonyl (C=O) groups excluding carboxylic acids is 1. The average molecular weight is 301 g/mol. The monoisotopic (exact) mass is 300 g/mol. The van der Waals surface area contributed by atoms with Crippen LogP contribution in [-0.4, -0.2) is 17.3 Å². The normalized spacial score (nSPS) is 10.4. The van der Waals surface area contributed by atoms with Gasteiger partial charge in [-0.25, -0.2) is 0 Å². The van der Waals surface area contributed by atoms with Crippen LogP contribution in [0.5, 0.6) is 0 Å². The fourth-order valence-corrected chi connectivity index (χ4v) is 2.51. The lowest BCUT2D eigenvalue weighted by atomic mass is 10.2. The van der Waals surface area contributed by atoms with Crippen LogP contribution in [0.3, 0.4) is 0 Å². The third kappa shape index (κ3) is 5.17. The Morgan fingerprint density at radius 3 is 2.56 bits per heavy atom. The first kappa shape index (κ1) is 13.8. The predicted octanol–water partition coefficient (Wildman–Crippen LogP) is 4.56. The lowest BCUT2D eigenvalue weighted by molar-refractivity contribution is 0.102. The van der Waals surface area contributed by atoms with Gasteiger partial charge in [0.1, 0.15) is 0 Å². The number of unbranched alkanes of at least 4 members (excludes halogenated alkanes) is 2. The standard InChI is InChI=1S/C13H17BrOS/c1-2-3-4-9-16-10-13(15)11-5-7-12(14)8-6-11/h5-8H,2-4,9-10H2,1H3. The van der Waals surface area contributed by atoms with E-state index in [0.29, 0.717) is 5.75 Å². The fourth-order valence-electron chi connectivity index (χ4n) is 1.34. The van der Waals surface area contributed by atoms with Crippen molar-refractivity contribution in [3.05, 3.63) is 34.3 Å². The number of hydrogen-bond donors (Lipinski definition) is 0. The van der Waals surface area contributed by atoms with E-state index < -0.39 is 0 Å². The van der Waals surface area contributed by atoms with Gasteiger partial charge >= 0.3 is 0 Å². The number of Topliss-reactive ketones (excluding diaryl/α,β-unsaturated/α-hetero) is 1. The van der Waals surface area contributed by atoms with Crippen molar-refractivity contribution < 1.29 is 4.79 Å². The Morgan fingerprint density at radius 1 is 1.25 bits per heavy atom. The summed E-state index contributed by atoms with van der Waals surface area (Å²) in [5.41, 5.74) is 0.811. The number of carbonyl (C=O) groups is 1. The number of benzene rings is 1. The molecule has 1 aromatic rings. The first-order valence-corrected chi connectivity index (χ1v) is 7.55. The van der Waals surface area contributed by atoms with Crippen molar-refractivity contribution in [2.45, 2.75) is 26.2 Å². The largest absolute Gasteiger partial charge is 0.293 e. The Balaban J connectivity index is 2.27. The van der Waals surface area contributed by atoms with Gasteiger partial charge in [-0.1, -0.05) is 47.8 Å². The van der Waals surface area contributed by atoms with Crippen molar-refractivity contribution in [2.75, 3.05) is 11.5 Å². The molecule has 0 saturated heterocycles. The summed E-state index contributed by atoms with van der Waals surface area (Å²) in [7, 11) is 0. The molecule has 0 amide bonds. The Labute approximate surface area is 110 Å². The molecule has 0 unspecified atom stereocenters. The van der Waals surface area contributed by atoms with Crippen molar-refractivity contribution in [1.82, 2.24) is 0 Å². The summed E-state index contributed by atoms with van der Waals surface area (Å²) >= 11 is 5.10. The summed E-state index contributed by atoms with van der Waals surface area (Å²) < 4.78 is 1.01. The van der Waals surface area contributed by atoms with Crippen molar-refractivity contribution in [3.8, 4) is 0 Å². The summed E-state index contributed by atoms with van der Waals surface area (Å²) in [6, 6.07) is 7.57. The molecule has 0 atom stereocenters. The number of thioether (sulfide) groups is 1. The molecule has 0 bridgehead atoms. The highest BCUT2D eigenvalue weighted by Gasteiger charge is 2.04. The summed E-state index contributed by atoms with van der Waals surface area (Å²) in [6.07, 6.45) is 3.72. The highest BCUT2D eigenvalue weighted by atomic mass is 79.9. The Morgan fingerprint density at radius 2 is 1.94 bits per heavy atom. The average Bonchev–Trinajstić information content (AvgIpc) is 2.29. The smallest absolute Gasteiger partial charge is 0.172 e. The van der Waals surface area contributed by atoms with Gasteiger partial charge in [0.2, 0.25) is 0 Å².